The number of aromatic nitrogens is 2. The molecule has 0 saturated carbocycles. The summed E-state index contributed by atoms with van der Waals surface area (Å²) < 4.78 is 9.76. The second-order valence-electron chi connectivity index (χ2n) is 4.27. The SMILES string of the molecule is CNC1C(=O)N(Cc2ncsn2)CCC2=C1SCO2. The van der Waals surface area contributed by atoms with Crippen LogP contribution in [0.5, 0.6) is 0 Å². The average Bonchev–Trinajstić information content (AvgIpc) is 3.04. The first kappa shape index (κ1) is 12.9. The normalized spacial score (nSPS) is 23.3. The lowest BCUT2D eigenvalue weighted by Crippen LogP contribution is -2.44. The monoisotopic (exact) mass is 298 g/mol. The van der Waals surface area contributed by atoms with Crippen LogP contribution >= 0.6 is 23.3 Å². The summed E-state index contributed by atoms with van der Waals surface area (Å²) in [5.74, 6) is 2.33. The first-order valence-electron chi connectivity index (χ1n) is 5.99. The summed E-state index contributed by atoms with van der Waals surface area (Å²) in [6, 6.07) is -0.302. The third-order valence-corrected chi connectivity index (χ3v) is 4.71. The molecule has 0 fully saturated rings. The molecule has 1 aromatic rings. The first-order chi connectivity index (χ1) is 9.29. The van der Waals surface area contributed by atoms with Crippen LogP contribution in [-0.2, 0) is 16.1 Å². The number of amides is 1. The summed E-state index contributed by atoms with van der Waals surface area (Å²) in [4.78, 5) is 19.5. The van der Waals surface area contributed by atoms with E-state index in [2.05, 4.69) is 14.7 Å². The fourth-order valence-corrected chi connectivity index (χ4v) is 3.72. The van der Waals surface area contributed by atoms with Gasteiger partial charge in [0.1, 0.15) is 23.3 Å². The number of thioether (sulfide) groups is 1. The molecular weight excluding hydrogens is 284 g/mol. The summed E-state index contributed by atoms with van der Waals surface area (Å²) in [5.41, 5.74) is 1.68. The van der Waals surface area contributed by atoms with Gasteiger partial charge in [-0.25, -0.2) is 4.98 Å². The number of nitrogens with zero attached hydrogens (tertiary/aromatic N) is 3. The van der Waals surface area contributed by atoms with Gasteiger partial charge in [-0.2, -0.15) is 4.37 Å². The van der Waals surface area contributed by atoms with E-state index < -0.39 is 0 Å². The maximum Gasteiger partial charge on any atom is 0.245 e. The summed E-state index contributed by atoms with van der Waals surface area (Å²) in [6.07, 6.45) is 0.760. The molecule has 1 N–H and O–H groups in total. The van der Waals surface area contributed by atoms with Gasteiger partial charge >= 0.3 is 0 Å². The molecule has 0 aliphatic carbocycles. The molecule has 0 aromatic carbocycles. The molecule has 102 valence electrons. The van der Waals surface area contributed by atoms with Crippen molar-refractivity contribution >= 4 is 29.2 Å². The fourth-order valence-electron chi connectivity index (χ4n) is 2.24. The third-order valence-electron chi connectivity index (χ3n) is 3.18. The number of ether oxygens (including phenoxy) is 1. The van der Waals surface area contributed by atoms with Gasteiger partial charge < -0.3 is 15.0 Å². The second-order valence-corrected chi connectivity index (χ2v) is 5.84. The maximum atomic E-state index is 12.6. The zero-order chi connectivity index (χ0) is 13.2. The van der Waals surface area contributed by atoms with Crippen LogP contribution in [0.4, 0.5) is 0 Å². The molecule has 1 unspecified atom stereocenters. The van der Waals surface area contributed by atoms with Gasteiger partial charge in [-0.15, -0.1) is 0 Å². The lowest BCUT2D eigenvalue weighted by Gasteiger charge is -2.23. The number of rotatable bonds is 3. The van der Waals surface area contributed by atoms with E-state index in [0.717, 1.165) is 17.1 Å². The van der Waals surface area contributed by atoms with E-state index in [0.29, 0.717) is 24.9 Å². The molecule has 3 rings (SSSR count). The number of nitrogens with one attached hydrogen (secondary N) is 1. The van der Waals surface area contributed by atoms with Crippen LogP contribution in [-0.4, -0.2) is 45.7 Å². The third kappa shape index (κ3) is 2.47. The quantitative estimate of drug-likeness (QED) is 0.890. The van der Waals surface area contributed by atoms with Crippen LogP contribution < -0.4 is 5.32 Å². The van der Waals surface area contributed by atoms with Crippen LogP contribution in [0.1, 0.15) is 12.2 Å². The van der Waals surface area contributed by atoms with Gasteiger partial charge in [0, 0.05) is 13.0 Å². The molecule has 2 aliphatic rings. The van der Waals surface area contributed by atoms with E-state index >= 15 is 0 Å². The smallest absolute Gasteiger partial charge is 0.245 e. The van der Waals surface area contributed by atoms with Crippen LogP contribution in [0.15, 0.2) is 16.2 Å². The number of hydrogen-bond donors (Lipinski definition) is 1. The Morgan fingerprint density at radius 3 is 3.26 bits per heavy atom. The predicted octanol–water partition coefficient (Wildman–Crippen LogP) is 0.791. The van der Waals surface area contributed by atoms with Gasteiger partial charge in [-0.05, 0) is 18.6 Å². The standard InChI is InChI=1S/C11H14N4O2S2/c1-12-9-10-7(17-6-18-10)2-3-15(11(9)16)4-8-13-5-19-14-8/h5,9,12H,2-4,6H2,1H3. The van der Waals surface area contributed by atoms with Gasteiger partial charge in [-0.3, -0.25) is 4.79 Å². The van der Waals surface area contributed by atoms with Crippen molar-refractivity contribution in [3.63, 3.8) is 0 Å². The zero-order valence-electron chi connectivity index (χ0n) is 10.5. The van der Waals surface area contributed by atoms with E-state index in [1.807, 2.05) is 0 Å². The van der Waals surface area contributed by atoms with Crippen molar-refractivity contribution < 1.29 is 9.53 Å². The minimum Gasteiger partial charge on any atom is -0.486 e. The Kier molecular flexibility index (Phi) is 3.72. The molecule has 0 radical (unpaired) electrons. The van der Waals surface area contributed by atoms with Crippen molar-refractivity contribution in [2.75, 3.05) is 19.5 Å². The average molecular weight is 298 g/mol. The Morgan fingerprint density at radius 1 is 1.63 bits per heavy atom. The zero-order valence-corrected chi connectivity index (χ0v) is 12.1. The molecule has 3 heterocycles. The van der Waals surface area contributed by atoms with E-state index in [-0.39, 0.29) is 11.9 Å². The Morgan fingerprint density at radius 2 is 2.53 bits per heavy atom. The Balaban J connectivity index is 1.80. The van der Waals surface area contributed by atoms with Gasteiger partial charge in [0.15, 0.2) is 5.82 Å². The summed E-state index contributed by atoms with van der Waals surface area (Å²) in [7, 11) is 1.80. The molecule has 19 heavy (non-hydrogen) atoms. The lowest BCUT2D eigenvalue weighted by molar-refractivity contribution is -0.132. The van der Waals surface area contributed by atoms with Crippen molar-refractivity contribution in [3.05, 3.63) is 22.0 Å². The van der Waals surface area contributed by atoms with Crippen LogP contribution in [0.25, 0.3) is 0 Å². The molecule has 2 aliphatic heterocycles. The minimum atomic E-state index is -0.302. The number of hydrogen-bond acceptors (Lipinski definition) is 7. The van der Waals surface area contributed by atoms with E-state index in [1.165, 1.54) is 11.5 Å². The Hall–Kier alpha value is -1.12. The number of carbonyl (C=O) groups excluding carboxylic acids is 1. The fraction of sp³-hybridized carbons (Fsp3) is 0.545. The van der Waals surface area contributed by atoms with E-state index in [1.54, 1.807) is 29.2 Å². The highest BCUT2D eigenvalue weighted by Gasteiger charge is 2.35. The highest BCUT2D eigenvalue weighted by Crippen LogP contribution is 2.36. The van der Waals surface area contributed by atoms with Gasteiger partial charge in [-0.1, -0.05) is 11.8 Å². The second kappa shape index (κ2) is 5.48. The molecule has 8 heteroatoms. The van der Waals surface area contributed by atoms with Crippen LogP contribution in [0.2, 0.25) is 0 Å². The van der Waals surface area contributed by atoms with Crippen molar-refractivity contribution in [1.29, 1.82) is 0 Å². The van der Waals surface area contributed by atoms with Crippen LogP contribution in [0, 0.1) is 0 Å². The molecule has 0 bridgehead atoms. The summed E-state index contributed by atoms with van der Waals surface area (Å²) in [5, 5.41) is 3.09. The molecule has 1 amide bonds. The lowest BCUT2D eigenvalue weighted by atomic mass is 10.2. The van der Waals surface area contributed by atoms with Crippen molar-refractivity contribution in [2.24, 2.45) is 0 Å². The topological polar surface area (TPSA) is 67.4 Å². The number of likely N-dealkylation sites (N-methyl/N-ethyl adjacent to an activating group) is 1. The predicted molar refractivity (Wildman–Crippen MR) is 73.4 cm³/mol. The van der Waals surface area contributed by atoms with Crippen molar-refractivity contribution in [2.45, 2.75) is 19.0 Å². The number of carbonyl (C=O) groups is 1. The largest absolute Gasteiger partial charge is 0.486 e. The highest BCUT2D eigenvalue weighted by atomic mass is 32.2. The van der Waals surface area contributed by atoms with Gasteiger partial charge in [0.05, 0.1) is 11.4 Å². The highest BCUT2D eigenvalue weighted by molar-refractivity contribution is 8.03. The Bertz CT molecular complexity index is 503. The van der Waals surface area contributed by atoms with Crippen LogP contribution in [0.3, 0.4) is 0 Å². The summed E-state index contributed by atoms with van der Waals surface area (Å²) >= 11 is 2.91. The van der Waals surface area contributed by atoms with E-state index in [4.69, 9.17) is 4.74 Å². The summed E-state index contributed by atoms with van der Waals surface area (Å²) in [6.45, 7) is 1.11. The van der Waals surface area contributed by atoms with Crippen molar-refractivity contribution in [3.8, 4) is 0 Å². The van der Waals surface area contributed by atoms with Gasteiger partial charge in [0.25, 0.3) is 0 Å². The molecule has 1 aromatic heterocycles. The maximum absolute atomic E-state index is 12.6. The van der Waals surface area contributed by atoms with Crippen molar-refractivity contribution in [1.82, 2.24) is 19.6 Å². The first-order valence-corrected chi connectivity index (χ1v) is 7.81. The Labute approximate surface area is 119 Å². The molecule has 1 atom stereocenters. The molecule has 0 saturated heterocycles. The van der Waals surface area contributed by atoms with E-state index in [9.17, 15) is 4.79 Å². The van der Waals surface area contributed by atoms with Gasteiger partial charge in [0.2, 0.25) is 5.91 Å². The minimum absolute atomic E-state index is 0.0697. The molecule has 6 nitrogen and oxygen atoms in total. The molecule has 0 spiro atoms. The molecular formula is C11H14N4O2S2.